The number of hydrogen-bond donors (Lipinski definition) is 0. The number of aromatic nitrogens is 3. The summed E-state index contributed by atoms with van der Waals surface area (Å²) in [6.07, 6.45) is -2.55. The van der Waals surface area contributed by atoms with Crippen molar-refractivity contribution in [3.8, 4) is 22.7 Å². The molecule has 1 aromatic heterocycles. The van der Waals surface area contributed by atoms with Gasteiger partial charge in [-0.15, -0.1) is 5.10 Å². The second kappa shape index (κ2) is 8.23. The maximum Gasteiger partial charge on any atom is 0.416 e. The molecule has 0 spiro atoms. The molecule has 0 atom stereocenters. The predicted octanol–water partition coefficient (Wildman–Crippen LogP) is 6.11. The van der Waals surface area contributed by atoms with Gasteiger partial charge in [0.2, 0.25) is 0 Å². The number of benzene rings is 3. The van der Waals surface area contributed by atoms with Gasteiger partial charge in [-0.1, -0.05) is 47.3 Å². The molecule has 4 nitrogen and oxygen atoms in total. The Morgan fingerprint density at radius 2 is 1.60 bits per heavy atom. The Labute approximate surface area is 175 Å². The molecule has 0 amide bonds. The number of ether oxygens (including phenoxy) is 1. The first-order valence-electron chi connectivity index (χ1n) is 8.96. The van der Waals surface area contributed by atoms with Crippen molar-refractivity contribution in [2.75, 3.05) is 7.11 Å². The van der Waals surface area contributed by atoms with Crippen LogP contribution >= 0.6 is 11.8 Å². The Kier molecular flexibility index (Phi) is 5.50. The summed E-state index contributed by atoms with van der Waals surface area (Å²) in [5.41, 5.74) is 1.57. The number of methoxy groups -OCH3 is 1. The Morgan fingerprint density at radius 3 is 2.33 bits per heavy atom. The number of alkyl halides is 3. The average molecular weight is 427 g/mol. The van der Waals surface area contributed by atoms with Crippen molar-refractivity contribution in [1.82, 2.24) is 15.0 Å². The Hall–Kier alpha value is -3.26. The van der Waals surface area contributed by atoms with Crippen LogP contribution in [0.3, 0.4) is 0 Å². The summed E-state index contributed by atoms with van der Waals surface area (Å²) in [6.45, 7) is 0. The Bertz CT molecular complexity index is 1160. The SMILES string of the molecule is COc1ccccc1-n1cc(-c2ccccc2Sc2ccc(C(F)(F)F)cc2)nn1. The predicted molar refractivity (Wildman–Crippen MR) is 109 cm³/mol. The van der Waals surface area contributed by atoms with Gasteiger partial charge in [-0.05, 0) is 42.5 Å². The maximum atomic E-state index is 12.8. The van der Waals surface area contributed by atoms with E-state index in [1.54, 1.807) is 18.0 Å². The molecule has 0 saturated carbocycles. The molecule has 0 bridgehead atoms. The minimum absolute atomic E-state index is 0.649. The number of halogens is 3. The Balaban J connectivity index is 1.64. The van der Waals surface area contributed by atoms with E-state index in [9.17, 15) is 13.2 Å². The van der Waals surface area contributed by atoms with Crippen molar-refractivity contribution in [3.63, 3.8) is 0 Å². The molecular weight excluding hydrogens is 411 g/mol. The second-order valence-electron chi connectivity index (χ2n) is 6.34. The Morgan fingerprint density at radius 1 is 0.900 bits per heavy atom. The smallest absolute Gasteiger partial charge is 0.416 e. The molecule has 8 heteroatoms. The number of para-hydroxylation sites is 2. The van der Waals surface area contributed by atoms with Gasteiger partial charge in [-0.25, -0.2) is 4.68 Å². The lowest BCUT2D eigenvalue weighted by molar-refractivity contribution is -0.137. The van der Waals surface area contributed by atoms with Crippen molar-refractivity contribution < 1.29 is 17.9 Å². The molecule has 0 aliphatic heterocycles. The van der Waals surface area contributed by atoms with Gasteiger partial charge in [0.15, 0.2) is 0 Å². The molecule has 1 heterocycles. The van der Waals surface area contributed by atoms with Gasteiger partial charge >= 0.3 is 6.18 Å². The first-order valence-corrected chi connectivity index (χ1v) is 9.77. The molecule has 0 aliphatic carbocycles. The van der Waals surface area contributed by atoms with E-state index in [4.69, 9.17) is 4.74 Å². The van der Waals surface area contributed by atoms with Crippen LogP contribution in [0.4, 0.5) is 13.2 Å². The van der Waals surface area contributed by atoms with Gasteiger partial charge in [0, 0.05) is 15.4 Å². The molecule has 0 saturated heterocycles. The van der Waals surface area contributed by atoms with Crippen LogP contribution in [-0.2, 0) is 6.18 Å². The summed E-state index contributed by atoms with van der Waals surface area (Å²) >= 11 is 1.37. The van der Waals surface area contributed by atoms with Crippen LogP contribution in [0.5, 0.6) is 5.75 Å². The summed E-state index contributed by atoms with van der Waals surface area (Å²) in [5, 5.41) is 8.49. The van der Waals surface area contributed by atoms with Gasteiger partial charge in [0.05, 0.1) is 18.9 Å². The molecule has 4 aromatic rings. The molecule has 30 heavy (non-hydrogen) atoms. The lowest BCUT2D eigenvalue weighted by Gasteiger charge is -2.09. The van der Waals surface area contributed by atoms with Crippen LogP contribution in [0.1, 0.15) is 5.56 Å². The van der Waals surface area contributed by atoms with Crippen LogP contribution in [0.15, 0.2) is 88.8 Å². The van der Waals surface area contributed by atoms with Gasteiger partial charge < -0.3 is 4.74 Å². The summed E-state index contributed by atoms with van der Waals surface area (Å²) < 4.78 is 45.4. The van der Waals surface area contributed by atoms with E-state index in [0.29, 0.717) is 16.3 Å². The van der Waals surface area contributed by atoms with Crippen LogP contribution in [0.2, 0.25) is 0 Å². The van der Waals surface area contributed by atoms with Crippen molar-refractivity contribution in [2.24, 2.45) is 0 Å². The van der Waals surface area contributed by atoms with Gasteiger partial charge in [-0.3, -0.25) is 0 Å². The second-order valence-corrected chi connectivity index (χ2v) is 7.46. The molecule has 4 rings (SSSR count). The first-order chi connectivity index (χ1) is 14.5. The van der Waals surface area contributed by atoms with E-state index in [1.807, 2.05) is 48.5 Å². The molecule has 0 radical (unpaired) electrons. The van der Waals surface area contributed by atoms with Gasteiger partial charge in [0.25, 0.3) is 0 Å². The molecule has 0 N–H and O–H groups in total. The van der Waals surface area contributed by atoms with E-state index in [1.165, 1.54) is 23.9 Å². The molecular formula is C22H16F3N3OS. The fourth-order valence-corrected chi connectivity index (χ4v) is 3.89. The van der Waals surface area contributed by atoms with Crippen LogP contribution in [0, 0.1) is 0 Å². The minimum atomic E-state index is -4.35. The standard InChI is InChI=1S/C22H16F3N3OS/c1-29-20-8-4-3-7-19(20)28-14-18(26-27-28)17-6-2-5-9-21(17)30-16-12-10-15(11-13-16)22(23,24)25/h2-14H,1H3. The molecule has 0 unspecified atom stereocenters. The third-order valence-corrected chi connectivity index (χ3v) is 5.48. The summed E-state index contributed by atoms with van der Waals surface area (Å²) in [5.74, 6) is 0.668. The largest absolute Gasteiger partial charge is 0.494 e. The normalized spacial score (nSPS) is 11.5. The molecule has 0 aliphatic rings. The van der Waals surface area contributed by atoms with Crippen molar-refractivity contribution >= 4 is 11.8 Å². The zero-order valence-electron chi connectivity index (χ0n) is 15.8. The number of nitrogens with zero attached hydrogens (tertiary/aromatic N) is 3. The van der Waals surface area contributed by atoms with E-state index in [2.05, 4.69) is 10.3 Å². The molecule has 0 fully saturated rings. The molecule has 3 aromatic carbocycles. The zero-order chi connectivity index (χ0) is 21.1. The van der Waals surface area contributed by atoms with Crippen LogP contribution in [-0.4, -0.2) is 22.1 Å². The summed E-state index contributed by atoms with van der Waals surface area (Å²) in [7, 11) is 1.59. The van der Waals surface area contributed by atoms with E-state index in [0.717, 1.165) is 28.3 Å². The van der Waals surface area contributed by atoms with E-state index >= 15 is 0 Å². The highest BCUT2D eigenvalue weighted by Gasteiger charge is 2.30. The van der Waals surface area contributed by atoms with Crippen molar-refractivity contribution in [3.05, 3.63) is 84.6 Å². The van der Waals surface area contributed by atoms with E-state index < -0.39 is 11.7 Å². The molecule has 152 valence electrons. The third-order valence-electron chi connectivity index (χ3n) is 4.40. The van der Waals surface area contributed by atoms with Gasteiger partial charge in [0.1, 0.15) is 17.1 Å². The first kappa shape index (κ1) is 20.0. The zero-order valence-corrected chi connectivity index (χ0v) is 16.6. The monoisotopic (exact) mass is 427 g/mol. The van der Waals surface area contributed by atoms with Crippen molar-refractivity contribution in [1.29, 1.82) is 0 Å². The maximum absolute atomic E-state index is 12.8. The van der Waals surface area contributed by atoms with Gasteiger partial charge in [-0.2, -0.15) is 13.2 Å². The highest BCUT2D eigenvalue weighted by molar-refractivity contribution is 7.99. The number of hydrogen-bond acceptors (Lipinski definition) is 4. The fraction of sp³-hybridized carbons (Fsp3) is 0.0909. The lowest BCUT2D eigenvalue weighted by atomic mass is 10.2. The topological polar surface area (TPSA) is 39.9 Å². The van der Waals surface area contributed by atoms with Crippen LogP contribution < -0.4 is 4.74 Å². The average Bonchev–Trinajstić information content (AvgIpc) is 3.24. The highest BCUT2D eigenvalue weighted by Crippen LogP contribution is 2.37. The minimum Gasteiger partial charge on any atom is -0.494 e. The number of rotatable bonds is 5. The van der Waals surface area contributed by atoms with E-state index in [-0.39, 0.29) is 0 Å². The highest BCUT2D eigenvalue weighted by atomic mass is 32.2. The summed E-state index contributed by atoms with van der Waals surface area (Å²) in [6, 6.07) is 20.1. The van der Waals surface area contributed by atoms with Crippen LogP contribution in [0.25, 0.3) is 16.9 Å². The lowest BCUT2D eigenvalue weighted by Crippen LogP contribution is -2.03. The fourth-order valence-electron chi connectivity index (χ4n) is 2.93. The summed E-state index contributed by atoms with van der Waals surface area (Å²) in [4.78, 5) is 1.57. The quantitative estimate of drug-likeness (QED) is 0.385. The third kappa shape index (κ3) is 4.18. The van der Waals surface area contributed by atoms with Crippen molar-refractivity contribution in [2.45, 2.75) is 16.0 Å².